The van der Waals surface area contributed by atoms with Crippen molar-refractivity contribution in [1.82, 2.24) is 9.80 Å². The summed E-state index contributed by atoms with van der Waals surface area (Å²) in [7, 11) is 8.25. The lowest BCUT2D eigenvalue weighted by Gasteiger charge is -2.19. The van der Waals surface area contributed by atoms with Crippen LogP contribution in [0, 0.1) is 0 Å². The number of anilines is 2. The van der Waals surface area contributed by atoms with E-state index in [2.05, 4.69) is 10.0 Å². The second-order valence-electron chi connectivity index (χ2n) is 9.95. The Morgan fingerprint density at radius 3 is 2.21 bits per heavy atom. The molecule has 0 aliphatic rings. The van der Waals surface area contributed by atoms with E-state index in [1.807, 2.05) is 60.7 Å². The van der Waals surface area contributed by atoms with Gasteiger partial charge in [-0.3, -0.25) is 9.59 Å². The Hall–Kier alpha value is -4.67. The lowest BCUT2D eigenvalue weighted by atomic mass is 10.0. The van der Waals surface area contributed by atoms with Crippen molar-refractivity contribution in [3.8, 4) is 22.6 Å². The molecule has 0 radical (unpaired) electrons. The van der Waals surface area contributed by atoms with Crippen LogP contribution in [0.25, 0.3) is 11.1 Å². The molecule has 0 saturated carbocycles. The van der Waals surface area contributed by atoms with Gasteiger partial charge in [0, 0.05) is 51.5 Å². The summed E-state index contributed by atoms with van der Waals surface area (Å²) in [6, 6.07) is 27.4. The van der Waals surface area contributed by atoms with Gasteiger partial charge in [0.1, 0.15) is 17.1 Å². The van der Waals surface area contributed by atoms with Crippen LogP contribution in [0.3, 0.4) is 0 Å². The number of likely N-dealkylation sites (N-methyl/N-ethyl adjacent to an activating group) is 1. The summed E-state index contributed by atoms with van der Waals surface area (Å²) < 4.78 is 27.4. The van der Waals surface area contributed by atoms with E-state index < -0.39 is 11.4 Å². The molecule has 1 unspecified atom stereocenters. The van der Waals surface area contributed by atoms with E-state index in [0.29, 0.717) is 46.3 Å². The standard InChI is InChI=1S/C33H36N4O5S/c1-36(2)32(38)25-11-8-10-23(20-25)24-16-17-30(42-5)31(21-24)43(40)35-27-13-9-12-26(22-27)34-18-19-37(3)33(39)28-14-6-7-15-29(28)41-4/h6-17,20-22,34-35H,18-19H2,1-5H3. The summed E-state index contributed by atoms with van der Waals surface area (Å²) in [6.45, 7) is 0.973. The van der Waals surface area contributed by atoms with Crippen LogP contribution < -0.4 is 19.5 Å². The summed E-state index contributed by atoms with van der Waals surface area (Å²) in [4.78, 5) is 29.0. The molecule has 2 amide bonds. The minimum absolute atomic E-state index is 0.0935. The zero-order valence-corrected chi connectivity index (χ0v) is 25.7. The van der Waals surface area contributed by atoms with Gasteiger partial charge < -0.3 is 29.1 Å². The molecular formula is C33H36N4O5S. The topological polar surface area (TPSA) is 106 Å². The first-order valence-corrected chi connectivity index (χ1v) is 14.8. The predicted octanol–water partition coefficient (Wildman–Crippen LogP) is 5.39. The fraction of sp³-hybridized carbons (Fsp3) is 0.212. The number of para-hydroxylation sites is 1. The SMILES string of the molecule is COc1ccccc1C(=O)N(C)CCNc1cccc(N[S+]([O-])c2cc(-c3cccc(C(=O)N(C)C)c3)ccc2OC)c1. The predicted molar refractivity (Wildman–Crippen MR) is 171 cm³/mol. The number of carbonyl (C=O) groups excluding carboxylic acids is 2. The highest BCUT2D eigenvalue weighted by molar-refractivity contribution is 7.92. The Balaban J connectivity index is 1.43. The van der Waals surface area contributed by atoms with Gasteiger partial charge in [-0.2, -0.15) is 0 Å². The van der Waals surface area contributed by atoms with Gasteiger partial charge in [-0.15, -0.1) is 0 Å². The zero-order chi connectivity index (χ0) is 30.9. The van der Waals surface area contributed by atoms with Crippen molar-refractivity contribution in [3.05, 3.63) is 102 Å². The lowest BCUT2D eigenvalue weighted by molar-refractivity contribution is 0.0795. The van der Waals surface area contributed by atoms with Crippen molar-refractivity contribution in [1.29, 1.82) is 0 Å². The van der Waals surface area contributed by atoms with Crippen molar-refractivity contribution >= 4 is 34.6 Å². The van der Waals surface area contributed by atoms with Gasteiger partial charge in [0.15, 0.2) is 5.75 Å². The summed E-state index contributed by atoms with van der Waals surface area (Å²) in [5.74, 6) is 0.794. The normalized spacial score (nSPS) is 11.3. The molecular weight excluding hydrogens is 564 g/mol. The number of hydrogen-bond donors (Lipinski definition) is 2. The molecule has 0 bridgehead atoms. The lowest BCUT2D eigenvalue weighted by Crippen LogP contribution is -2.31. The van der Waals surface area contributed by atoms with Crippen LogP contribution in [0.1, 0.15) is 20.7 Å². The molecule has 0 aliphatic heterocycles. The first-order valence-electron chi connectivity index (χ1n) is 13.6. The largest absolute Gasteiger partial charge is 0.588 e. The van der Waals surface area contributed by atoms with Crippen molar-refractivity contribution in [2.45, 2.75) is 4.90 Å². The number of nitrogens with zero attached hydrogens (tertiary/aromatic N) is 2. The minimum atomic E-state index is -1.65. The van der Waals surface area contributed by atoms with E-state index in [0.717, 1.165) is 16.8 Å². The average molecular weight is 601 g/mol. The van der Waals surface area contributed by atoms with Crippen LogP contribution in [0.5, 0.6) is 11.5 Å². The highest BCUT2D eigenvalue weighted by atomic mass is 32.2. The Kier molecular flexibility index (Phi) is 10.5. The van der Waals surface area contributed by atoms with Crippen molar-refractivity contribution in [2.75, 3.05) is 58.5 Å². The fourth-order valence-corrected chi connectivity index (χ4v) is 5.46. The third kappa shape index (κ3) is 7.79. The molecule has 43 heavy (non-hydrogen) atoms. The van der Waals surface area contributed by atoms with E-state index >= 15 is 0 Å². The number of carbonyl (C=O) groups is 2. The average Bonchev–Trinajstić information content (AvgIpc) is 3.03. The summed E-state index contributed by atoms with van der Waals surface area (Å²) >= 11 is -1.65. The van der Waals surface area contributed by atoms with E-state index in [-0.39, 0.29) is 11.8 Å². The van der Waals surface area contributed by atoms with Crippen molar-refractivity contribution in [2.24, 2.45) is 0 Å². The van der Waals surface area contributed by atoms with Gasteiger partial charge in [-0.1, -0.05) is 36.4 Å². The van der Waals surface area contributed by atoms with E-state index in [1.165, 1.54) is 12.0 Å². The number of hydrogen-bond acceptors (Lipinski definition) is 7. The maximum Gasteiger partial charge on any atom is 0.257 e. The number of rotatable bonds is 12. The molecule has 1 atom stereocenters. The van der Waals surface area contributed by atoms with E-state index in [1.54, 1.807) is 63.5 Å². The molecule has 9 nitrogen and oxygen atoms in total. The molecule has 0 aromatic heterocycles. The molecule has 0 saturated heterocycles. The number of methoxy groups -OCH3 is 2. The zero-order valence-electron chi connectivity index (χ0n) is 24.9. The third-order valence-electron chi connectivity index (χ3n) is 6.75. The van der Waals surface area contributed by atoms with Crippen LogP contribution in [0.2, 0.25) is 0 Å². The van der Waals surface area contributed by atoms with Crippen LogP contribution in [-0.2, 0) is 11.4 Å². The summed E-state index contributed by atoms with van der Waals surface area (Å²) in [6.07, 6.45) is 0. The summed E-state index contributed by atoms with van der Waals surface area (Å²) in [5.41, 5.74) is 4.17. The molecule has 0 heterocycles. The highest BCUT2D eigenvalue weighted by Crippen LogP contribution is 2.32. The smallest absolute Gasteiger partial charge is 0.257 e. The van der Waals surface area contributed by atoms with Crippen LogP contribution >= 0.6 is 0 Å². The van der Waals surface area contributed by atoms with Crippen LogP contribution in [0.4, 0.5) is 11.4 Å². The van der Waals surface area contributed by atoms with Crippen LogP contribution in [-0.4, -0.2) is 74.6 Å². The second-order valence-corrected chi connectivity index (χ2v) is 11.1. The molecule has 4 aromatic carbocycles. The minimum Gasteiger partial charge on any atom is -0.588 e. The maximum atomic E-state index is 13.5. The quantitative estimate of drug-likeness (QED) is 0.210. The first kappa shape index (κ1) is 31.3. The molecule has 0 fully saturated rings. The highest BCUT2D eigenvalue weighted by Gasteiger charge is 2.21. The van der Waals surface area contributed by atoms with Gasteiger partial charge in [0.2, 0.25) is 4.90 Å². The van der Waals surface area contributed by atoms with Gasteiger partial charge in [-0.05, 0) is 59.7 Å². The molecule has 224 valence electrons. The van der Waals surface area contributed by atoms with E-state index in [4.69, 9.17) is 9.47 Å². The molecule has 10 heteroatoms. The Morgan fingerprint density at radius 2 is 1.47 bits per heavy atom. The Morgan fingerprint density at radius 1 is 0.767 bits per heavy atom. The van der Waals surface area contributed by atoms with Gasteiger partial charge in [0.05, 0.1) is 25.5 Å². The third-order valence-corrected chi connectivity index (χ3v) is 7.89. The number of ether oxygens (including phenoxy) is 2. The van der Waals surface area contributed by atoms with Crippen molar-refractivity contribution in [3.63, 3.8) is 0 Å². The second kappa shape index (κ2) is 14.5. The summed E-state index contributed by atoms with van der Waals surface area (Å²) in [5, 5.41) is 3.32. The molecule has 4 rings (SSSR count). The molecule has 0 spiro atoms. The molecule has 0 aliphatic carbocycles. The van der Waals surface area contributed by atoms with Gasteiger partial charge in [0.25, 0.3) is 11.8 Å². The first-order chi connectivity index (χ1) is 20.7. The maximum absolute atomic E-state index is 13.5. The van der Waals surface area contributed by atoms with Crippen molar-refractivity contribution < 1.29 is 23.6 Å². The monoisotopic (exact) mass is 600 g/mol. The Labute approximate surface area is 255 Å². The Bertz CT molecular complexity index is 1580. The van der Waals surface area contributed by atoms with Gasteiger partial charge >= 0.3 is 0 Å². The molecule has 2 N–H and O–H groups in total. The van der Waals surface area contributed by atoms with Crippen LogP contribution in [0.15, 0.2) is 95.9 Å². The fourth-order valence-electron chi connectivity index (χ4n) is 4.44. The number of amides is 2. The molecule has 4 aromatic rings. The van der Waals surface area contributed by atoms with Gasteiger partial charge in [-0.25, -0.2) is 4.72 Å². The number of benzene rings is 4. The van der Waals surface area contributed by atoms with E-state index in [9.17, 15) is 14.1 Å². The number of nitrogens with one attached hydrogen (secondary N) is 2.